The van der Waals surface area contributed by atoms with E-state index in [9.17, 15) is 24.0 Å². The number of nitrogens with one attached hydrogen (secondary N) is 2. The molecular formula is C25H34N8O5. The van der Waals surface area contributed by atoms with Crippen molar-refractivity contribution in [2.45, 2.75) is 25.4 Å². The molecule has 0 radical (unpaired) electrons. The molecule has 0 bridgehead atoms. The summed E-state index contributed by atoms with van der Waals surface area (Å²) < 4.78 is 0. The third-order valence-electron chi connectivity index (χ3n) is 7.70. The van der Waals surface area contributed by atoms with Crippen LogP contribution in [0, 0.1) is 0 Å². The Morgan fingerprint density at radius 3 is 2.26 bits per heavy atom. The average Bonchev–Trinajstić information content (AvgIpc) is 3.24. The van der Waals surface area contributed by atoms with E-state index in [-0.39, 0.29) is 36.8 Å². The van der Waals surface area contributed by atoms with Gasteiger partial charge in [-0.05, 0) is 30.2 Å². The average molecular weight is 527 g/mol. The van der Waals surface area contributed by atoms with Crippen molar-refractivity contribution in [1.29, 1.82) is 0 Å². The van der Waals surface area contributed by atoms with Gasteiger partial charge < -0.3 is 30.7 Å². The topological polar surface area (TPSA) is 152 Å². The number of amides is 7. The Kier molecular flexibility index (Phi) is 7.47. The van der Waals surface area contributed by atoms with Crippen molar-refractivity contribution in [1.82, 2.24) is 29.8 Å². The van der Waals surface area contributed by atoms with Crippen molar-refractivity contribution in [2.24, 2.45) is 5.73 Å². The lowest BCUT2D eigenvalue weighted by molar-refractivity contribution is -0.136. The summed E-state index contributed by atoms with van der Waals surface area (Å²) in [7, 11) is 0. The van der Waals surface area contributed by atoms with Gasteiger partial charge in [-0.2, -0.15) is 0 Å². The molecule has 4 heterocycles. The number of urea groups is 2. The number of fused-ring (bicyclic) bond motifs is 1. The molecule has 204 valence electrons. The van der Waals surface area contributed by atoms with E-state index in [4.69, 9.17) is 5.73 Å². The Balaban J connectivity index is 1.12. The smallest absolute Gasteiger partial charge is 0.321 e. The zero-order valence-corrected chi connectivity index (χ0v) is 21.4. The van der Waals surface area contributed by atoms with E-state index in [2.05, 4.69) is 15.5 Å². The SMILES string of the molecule is NCCN1CCN(C(=O)N2CCN(C(=O)Nc3ccc4c(c3)CN(C3CCC(=O)NC3=O)C4=O)CC2)CC1. The Labute approximate surface area is 220 Å². The summed E-state index contributed by atoms with van der Waals surface area (Å²) in [6.45, 7) is 6.50. The molecule has 1 aromatic carbocycles. The summed E-state index contributed by atoms with van der Waals surface area (Å²) in [5.74, 6) is -1.04. The van der Waals surface area contributed by atoms with Gasteiger partial charge in [0.1, 0.15) is 6.04 Å². The summed E-state index contributed by atoms with van der Waals surface area (Å²) in [6, 6.07) is 4.15. The summed E-state index contributed by atoms with van der Waals surface area (Å²) in [5.41, 5.74) is 7.39. The first-order valence-electron chi connectivity index (χ1n) is 13.1. The highest BCUT2D eigenvalue weighted by Gasteiger charge is 2.39. The molecule has 1 atom stereocenters. The molecule has 13 nitrogen and oxygen atoms in total. The van der Waals surface area contributed by atoms with Gasteiger partial charge in [0.15, 0.2) is 0 Å². The van der Waals surface area contributed by atoms with Gasteiger partial charge in [-0.25, -0.2) is 9.59 Å². The van der Waals surface area contributed by atoms with Crippen LogP contribution in [0.2, 0.25) is 0 Å². The number of piperidine rings is 1. The third-order valence-corrected chi connectivity index (χ3v) is 7.70. The predicted molar refractivity (Wildman–Crippen MR) is 137 cm³/mol. The molecule has 1 aromatic rings. The molecule has 3 saturated heterocycles. The number of imide groups is 1. The van der Waals surface area contributed by atoms with Gasteiger partial charge in [-0.15, -0.1) is 0 Å². The van der Waals surface area contributed by atoms with E-state index in [0.717, 1.165) is 25.2 Å². The molecule has 3 fully saturated rings. The molecule has 1 unspecified atom stereocenters. The van der Waals surface area contributed by atoms with Crippen LogP contribution < -0.4 is 16.4 Å². The van der Waals surface area contributed by atoms with Gasteiger partial charge in [0.2, 0.25) is 11.8 Å². The Morgan fingerprint density at radius 1 is 0.947 bits per heavy atom. The lowest BCUT2D eigenvalue weighted by atomic mass is 10.0. The number of rotatable bonds is 4. The van der Waals surface area contributed by atoms with Gasteiger partial charge in [-0.1, -0.05) is 0 Å². The number of carbonyl (C=O) groups is 5. The molecule has 5 rings (SSSR count). The first kappa shape index (κ1) is 25.9. The van der Waals surface area contributed by atoms with Crippen molar-refractivity contribution in [3.8, 4) is 0 Å². The van der Waals surface area contributed by atoms with E-state index >= 15 is 0 Å². The summed E-state index contributed by atoms with van der Waals surface area (Å²) in [4.78, 5) is 71.5. The molecule has 0 aliphatic carbocycles. The molecule has 4 aliphatic heterocycles. The van der Waals surface area contributed by atoms with Crippen LogP contribution in [0.25, 0.3) is 0 Å². The second-order valence-electron chi connectivity index (χ2n) is 10.1. The number of nitrogens with zero attached hydrogens (tertiary/aromatic N) is 5. The Morgan fingerprint density at radius 2 is 1.61 bits per heavy atom. The quantitative estimate of drug-likeness (QED) is 0.439. The van der Waals surface area contributed by atoms with Gasteiger partial charge in [0.05, 0.1) is 0 Å². The van der Waals surface area contributed by atoms with Gasteiger partial charge in [0.25, 0.3) is 5.91 Å². The lowest BCUT2D eigenvalue weighted by Gasteiger charge is -2.40. The summed E-state index contributed by atoms with van der Waals surface area (Å²) >= 11 is 0. The minimum Gasteiger partial charge on any atom is -0.329 e. The van der Waals surface area contributed by atoms with Crippen LogP contribution >= 0.6 is 0 Å². The second-order valence-corrected chi connectivity index (χ2v) is 10.1. The van der Waals surface area contributed by atoms with E-state index in [1.165, 1.54) is 4.90 Å². The van der Waals surface area contributed by atoms with Crippen LogP contribution in [0.15, 0.2) is 18.2 Å². The number of carbonyl (C=O) groups excluding carboxylic acids is 5. The highest BCUT2D eigenvalue weighted by atomic mass is 16.2. The van der Waals surface area contributed by atoms with E-state index in [0.29, 0.717) is 63.5 Å². The molecule has 4 aliphatic rings. The summed E-state index contributed by atoms with van der Waals surface area (Å²) in [6.07, 6.45) is 0.495. The Hall–Kier alpha value is -3.71. The monoisotopic (exact) mass is 526 g/mol. The van der Waals surface area contributed by atoms with Crippen molar-refractivity contribution in [3.63, 3.8) is 0 Å². The molecule has 0 saturated carbocycles. The van der Waals surface area contributed by atoms with Crippen molar-refractivity contribution in [3.05, 3.63) is 29.3 Å². The molecule has 7 amide bonds. The fourth-order valence-corrected chi connectivity index (χ4v) is 5.50. The van der Waals surface area contributed by atoms with Crippen LogP contribution in [-0.4, -0.2) is 126 Å². The highest BCUT2D eigenvalue weighted by Crippen LogP contribution is 2.29. The number of piperazine rings is 2. The minimum absolute atomic E-state index is 0.0151. The number of hydrogen-bond donors (Lipinski definition) is 3. The first-order valence-corrected chi connectivity index (χ1v) is 13.1. The lowest BCUT2D eigenvalue weighted by Crippen LogP contribution is -2.58. The molecule has 0 aromatic heterocycles. The number of benzene rings is 1. The Bertz CT molecular complexity index is 1130. The number of hydrogen-bond acceptors (Lipinski definition) is 7. The largest absolute Gasteiger partial charge is 0.329 e. The van der Waals surface area contributed by atoms with E-state index in [1.54, 1.807) is 28.0 Å². The van der Waals surface area contributed by atoms with E-state index < -0.39 is 11.9 Å². The fraction of sp³-hybridized carbons (Fsp3) is 0.560. The highest BCUT2D eigenvalue weighted by molar-refractivity contribution is 6.05. The second kappa shape index (κ2) is 11.0. The van der Waals surface area contributed by atoms with Gasteiger partial charge in [-0.3, -0.25) is 24.6 Å². The van der Waals surface area contributed by atoms with Crippen molar-refractivity contribution in [2.75, 3.05) is 70.8 Å². The van der Waals surface area contributed by atoms with Crippen LogP contribution in [-0.2, 0) is 16.1 Å². The first-order chi connectivity index (χ1) is 18.3. The maximum Gasteiger partial charge on any atom is 0.321 e. The van der Waals surface area contributed by atoms with Crippen molar-refractivity contribution >= 4 is 35.5 Å². The molecular weight excluding hydrogens is 492 g/mol. The van der Waals surface area contributed by atoms with Crippen LogP contribution in [0.3, 0.4) is 0 Å². The maximum atomic E-state index is 12.9. The minimum atomic E-state index is -0.681. The van der Waals surface area contributed by atoms with Crippen LogP contribution in [0.1, 0.15) is 28.8 Å². The maximum absolute atomic E-state index is 12.9. The van der Waals surface area contributed by atoms with Gasteiger partial charge in [0, 0.05) is 89.7 Å². The zero-order chi connectivity index (χ0) is 26.8. The molecule has 13 heteroatoms. The van der Waals surface area contributed by atoms with Crippen LogP contribution in [0.4, 0.5) is 15.3 Å². The van der Waals surface area contributed by atoms with Crippen molar-refractivity contribution < 1.29 is 24.0 Å². The fourth-order valence-electron chi connectivity index (χ4n) is 5.50. The summed E-state index contributed by atoms with van der Waals surface area (Å²) in [5, 5.41) is 5.19. The zero-order valence-electron chi connectivity index (χ0n) is 21.4. The normalized spacial score (nSPS) is 22.4. The number of anilines is 1. The molecule has 38 heavy (non-hydrogen) atoms. The molecule has 4 N–H and O–H groups in total. The predicted octanol–water partition coefficient (Wildman–Crippen LogP) is -0.707. The molecule has 0 spiro atoms. The van der Waals surface area contributed by atoms with E-state index in [1.807, 2.05) is 4.90 Å². The van der Waals surface area contributed by atoms with Crippen LogP contribution in [0.5, 0.6) is 0 Å². The van der Waals surface area contributed by atoms with Gasteiger partial charge >= 0.3 is 12.1 Å². The third kappa shape index (κ3) is 5.29. The standard InChI is InChI=1S/C25H34N8O5/c26-5-6-29-7-9-31(10-8-29)25(38)32-13-11-30(12-14-32)24(37)27-18-1-2-19-17(15-18)16-33(23(19)36)20-3-4-21(34)28-22(20)35/h1-2,15,20H,3-14,16,26H2,(H,27,37)(H,28,34,35). The number of nitrogens with two attached hydrogens (primary N) is 1.